The molecule has 0 aliphatic heterocycles. The number of carboxylic acid groups (broad SMARTS) is 1. The molecule has 0 atom stereocenters. The third-order valence-electron chi connectivity index (χ3n) is 7.15. The minimum atomic E-state index is -0.940. The molecule has 0 aliphatic rings. The maximum absolute atomic E-state index is 13.0. The van der Waals surface area contributed by atoms with Crippen molar-refractivity contribution < 1.29 is 14.7 Å². The van der Waals surface area contributed by atoms with Crippen molar-refractivity contribution in [1.29, 1.82) is 0 Å². The van der Waals surface area contributed by atoms with Gasteiger partial charge in [-0.1, -0.05) is 86.1 Å². The van der Waals surface area contributed by atoms with E-state index in [4.69, 9.17) is 4.98 Å². The SMILES string of the molecule is CCCCc1nc2ccc(C(=O)NCCc3ccccc3)cc2n1Cc1ccc(-c2ccccc2C(=O)O)cc1. The fraction of sp³-hybridized carbons (Fsp3) is 0.206. The quantitative estimate of drug-likeness (QED) is 0.197. The summed E-state index contributed by atoms with van der Waals surface area (Å²) in [5, 5.41) is 12.6. The minimum absolute atomic E-state index is 0.0952. The second kappa shape index (κ2) is 12.4. The average molecular weight is 532 g/mol. The summed E-state index contributed by atoms with van der Waals surface area (Å²) in [6.45, 7) is 3.34. The van der Waals surface area contributed by atoms with Gasteiger partial charge in [-0.3, -0.25) is 4.79 Å². The Morgan fingerprint density at radius 3 is 2.35 bits per heavy atom. The molecular formula is C34H33N3O3. The van der Waals surface area contributed by atoms with E-state index in [0.717, 1.165) is 53.7 Å². The smallest absolute Gasteiger partial charge is 0.336 e. The topological polar surface area (TPSA) is 84.2 Å². The normalized spacial score (nSPS) is 11.0. The van der Waals surface area contributed by atoms with E-state index in [1.807, 2.05) is 72.8 Å². The number of hydrogen-bond acceptors (Lipinski definition) is 3. The molecule has 5 rings (SSSR count). The second-order valence-electron chi connectivity index (χ2n) is 9.96. The van der Waals surface area contributed by atoms with Crippen molar-refractivity contribution in [2.45, 2.75) is 39.2 Å². The number of hydrogen-bond donors (Lipinski definition) is 2. The van der Waals surface area contributed by atoms with Gasteiger partial charge < -0.3 is 15.0 Å². The number of unbranched alkanes of at least 4 members (excludes halogenated alkanes) is 1. The van der Waals surface area contributed by atoms with Crippen LogP contribution in [-0.2, 0) is 19.4 Å². The lowest BCUT2D eigenvalue weighted by Crippen LogP contribution is -2.25. The molecule has 4 aromatic carbocycles. The van der Waals surface area contributed by atoms with Gasteiger partial charge in [0.2, 0.25) is 0 Å². The zero-order chi connectivity index (χ0) is 27.9. The maximum atomic E-state index is 13.0. The van der Waals surface area contributed by atoms with Gasteiger partial charge in [-0.2, -0.15) is 0 Å². The molecule has 0 spiro atoms. The Balaban J connectivity index is 1.39. The lowest BCUT2D eigenvalue weighted by molar-refractivity contribution is 0.0697. The van der Waals surface area contributed by atoms with Crippen molar-refractivity contribution in [2.75, 3.05) is 6.54 Å². The van der Waals surface area contributed by atoms with Crippen molar-refractivity contribution in [1.82, 2.24) is 14.9 Å². The number of amides is 1. The molecule has 0 saturated heterocycles. The molecule has 2 N–H and O–H groups in total. The minimum Gasteiger partial charge on any atom is -0.478 e. The zero-order valence-electron chi connectivity index (χ0n) is 22.6. The predicted molar refractivity (Wildman–Crippen MR) is 159 cm³/mol. The van der Waals surface area contributed by atoms with Crippen LogP contribution in [0.25, 0.3) is 22.2 Å². The number of carbonyl (C=O) groups is 2. The number of imidazole rings is 1. The van der Waals surface area contributed by atoms with Gasteiger partial charge in [-0.05, 0) is 59.4 Å². The Morgan fingerprint density at radius 1 is 0.850 bits per heavy atom. The average Bonchev–Trinajstić information content (AvgIpc) is 3.33. The highest BCUT2D eigenvalue weighted by atomic mass is 16.4. The first kappa shape index (κ1) is 26.9. The number of nitrogens with zero attached hydrogens (tertiary/aromatic N) is 2. The number of carbonyl (C=O) groups excluding carboxylic acids is 1. The monoisotopic (exact) mass is 531 g/mol. The largest absolute Gasteiger partial charge is 0.478 e. The van der Waals surface area contributed by atoms with Gasteiger partial charge in [-0.25, -0.2) is 9.78 Å². The summed E-state index contributed by atoms with van der Waals surface area (Å²) in [7, 11) is 0. The van der Waals surface area contributed by atoms with Crippen molar-refractivity contribution in [3.8, 4) is 11.1 Å². The van der Waals surface area contributed by atoms with Crippen LogP contribution in [0.2, 0.25) is 0 Å². The van der Waals surface area contributed by atoms with Crippen LogP contribution in [0.3, 0.4) is 0 Å². The molecule has 202 valence electrons. The summed E-state index contributed by atoms with van der Waals surface area (Å²) in [5.41, 5.74) is 6.53. The summed E-state index contributed by atoms with van der Waals surface area (Å²) < 4.78 is 2.20. The standard InChI is InChI=1S/C34H33N3O3/c1-2-3-13-32-36-30-19-18-27(33(38)35-21-20-24-9-5-4-6-10-24)22-31(30)37(32)23-25-14-16-26(17-15-25)28-11-7-8-12-29(28)34(39)40/h4-12,14-19,22H,2-3,13,20-21,23H2,1H3,(H,35,38)(H,39,40). The number of aryl methyl sites for hydroxylation is 1. The van der Waals surface area contributed by atoms with Gasteiger partial charge in [0.05, 0.1) is 16.6 Å². The van der Waals surface area contributed by atoms with E-state index in [1.165, 1.54) is 5.56 Å². The van der Waals surface area contributed by atoms with Crippen LogP contribution in [0.5, 0.6) is 0 Å². The molecule has 0 aliphatic carbocycles. The Bertz CT molecular complexity index is 1620. The van der Waals surface area contributed by atoms with Gasteiger partial charge in [0.1, 0.15) is 5.82 Å². The molecular weight excluding hydrogens is 498 g/mol. The molecule has 1 aromatic heterocycles. The summed E-state index contributed by atoms with van der Waals surface area (Å²) in [4.78, 5) is 29.6. The molecule has 0 radical (unpaired) electrons. The molecule has 6 nitrogen and oxygen atoms in total. The summed E-state index contributed by atoms with van der Waals surface area (Å²) in [6.07, 6.45) is 3.73. The van der Waals surface area contributed by atoms with E-state index in [-0.39, 0.29) is 11.5 Å². The second-order valence-corrected chi connectivity index (χ2v) is 9.96. The third-order valence-corrected chi connectivity index (χ3v) is 7.15. The lowest BCUT2D eigenvalue weighted by atomic mass is 9.99. The van der Waals surface area contributed by atoms with Gasteiger partial charge in [-0.15, -0.1) is 0 Å². The third kappa shape index (κ3) is 6.12. The fourth-order valence-corrected chi connectivity index (χ4v) is 4.98. The van der Waals surface area contributed by atoms with Crippen LogP contribution in [0.4, 0.5) is 0 Å². The molecule has 5 aromatic rings. The molecule has 0 fully saturated rings. The van der Waals surface area contributed by atoms with E-state index < -0.39 is 5.97 Å². The zero-order valence-corrected chi connectivity index (χ0v) is 22.6. The van der Waals surface area contributed by atoms with E-state index in [2.05, 4.69) is 28.9 Å². The van der Waals surface area contributed by atoms with Gasteiger partial charge in [0.15, 0.2) is 0 Å². The maximum Gasteiger partial charge on any atom is 0.336 e. The fourth-order valence-electron chi connectivity index (χ4n) is 4.98. The number of rotatable bonds is 11. The summed E-state index contributed by atoms with van der Waals surface area (Å²) in [6, 6.07) is 30.9. The van der Waals surface area contributed by atoms with Crippen LogP contribution < -0.4 is 5.32 Å². The van der Waals surface area contributed by atoms with Crippen molar-refractivity contribution in [2.24, 2.45) is 0 Å². The highest BCUT2D eigenvalue weighted by Gasteiger charge is 2.15. The number of carboxylic acids is 1. The van der Waals surface area contributed by atoms with Gasteiger partial charge in [0.25, 0.3) is 5.91 Å². The van der Waals surface area contributed by atoms with Crippen LogP contribution in [0.1, 0.15) is 57.4 Å². The molecule has 1 amide bonds. The first-order valence-electron chi connectivity index (χ1n) is 13.8. The Morgan fingerprint density at radius 2 is 1.60 bits per heavy atom. The van der Waals surface area contributed by atoms with Crippen LogP contribution in [-0.4, -0.2) is 33.1 Å². The highest BCUT2D eigenvalue weighted by Crippen LogP contribution is 2.26. The molecule has 6 heteroatoms. The van der Waals surface area contributed by atoms with Gasteiger partial charge in [0, 0.05) is 25.1 Å². The van der Waals surface area contributed by atoms with Crippen LogP contribution in [0, 0.1) is 0 Å². The van der Waals surface area contributed by atoms with E-state index in [1.54, 1.807) is 12.1 Å². The molecule has 0 saturated carbocycles. The number of aromatic nitrogens is 2. The van der Waals surface area contributed by atoms with E-state index >= 15 is 0 Å². The van der Waals surface area contributed by atoms with Gasteiger partial charge >= 0.3 is 5.97 Å². The van der Waals surface area contributed by atoms with E-state index in [9.17, 15) is 14.7 Å². The number of nitrogens with one attached hydrogen (secondary N) is 1. The predicted octanol–water partition coefficient (Wildman–Crippen LogP) is 6.76. The lowest BCUT2D eigenvalue weighted by Gasteiger charge is -2.12. The summed E-state index contributed by atoms with van der Waals surface area (Å²) in [5.74, 6) is -0.0362. The molecule has 0 bridgehead atoms. The molecule has 0 unspecified atom stereocenters. The van der Waals surface area contributed by atoms with Crippen molar-refractivity contribution in [3.63, 3.8) is 0 Å². The number of aromatic carboxylic acids is 1. The first-order chi connectivity index (χ1) is 19.5. The van der Waals surface area contributed by atoms with E-state index in [0.29, 0.717) is 24.2 Å². The van der Waals surface area contributed by atoms with Crippen LogP contribution >= 0.6 is 0 Å². The van der Waals surface area contributed by atoms with Crippen molar-refractivity contribution in [3.05, 3.63) is 125 Å². The van der Waals surface area contributed by atoms with Crippen molar-refractivity contribution >= 4 is 22.9 Å². The number of fused-ring (bicyclic) bond motifs is 1. The molecule has 40 heavy (non-hydrogen) atoms. The number of benzene rings is 4. The molecule has 1 heterocycles. The first-order valence-corrected chi connectivity index (χ1v) is 13.8. The van der Waals surface area contributed by atoms with Crippen LogP contribution in [0.15, 0.2) is 97.1 Å². The Kier molecular flexibility index (Phi) is 8.35. The Hall–Kier alpha value is -4.71. The Labute approximate surface area is 234 Å². The summed E-state index contributed by atoms with van der Waals surface area (Å²) >= 11 is 0. The highest BCUT2D eigenvalue weighted by molar-refractivity contribution is 5.97.